The van der Waals surface area contributed by atoms with Gasteiger partial charge in [0.2, 0.25) is 5.91 Å². The number of amides is 1. The second-order valence-electron chi connectivity index (χ2n) is 4.99. The number of methoxy groups -OCH3 is 1. The highest BCUT2D eigenvalue weighted by molar-refractivity contribution is 5.75. The Balaban J connectivity index is 0.00000242. The minimum absolute atomic E-state index is 0. The average Bonchev–Trinajstić information content (AvgIpc) is 2.53. The first-order valence-corrected chi connectivity index (χ1v) is 7.03. The van der Waals surface area contributed by atoms with Crippen molar-refractivity contribution in [3.05, 3.63) is 59.9 Å². The SMILES string of the molecule is COc1ccc(CNC(=O)CC[n+]2ccc(C)cc2)cc1.[Br-]. The minimum atomic E-state index is 0. The first kappa shape index (κ1) is 18.2. The van der Waals surface area contributed by atoms with Crippen LogP contribution in [0.5, 0.6) is 5.75 Å². The smallest absolute Gasteiger partial charge is 0.226 e. The van der Waals surface area contributed by atoms with Crippen LogP contribution in [0.25, 0.3) is 0 Å². The fourth-order valence-corrected chi connectivity index (χ4v) is 1.94. The molecule has 0 aliphatic heterocycles. The number of ether oxygens (including phenoxy) is 1. The van der Waals surface area contributed by atoms with E-state index in [4.69, 9.17) is 4.74 Å². The van der Waals surface area contributed by atoms with Crippen LogP contribution in [0.4, 0.5) is 0 Å². The lowest BCUT2D eigenvalue weighted by Crippen LogP contribution is -3.00. The number of nitrogens with zero attached hydrogens (tertiary/aromatic N) is 1. The molecule has 0 saturated heterocycles. The zero-order chi connectivity index (χ0) is 15.1. The van der Waals surface area contributed by atoms with Gasteiger partial charge >= 0.3 is 0 Å². The van der Waals surface area contributed by atoms with E-state index in [-0.39, 0.29) is 22.9 Å². The second-order valence-corrected chi connectivity index (χ2v) is 4.99. The molecule has 0 spiro atoms. The average molecular weight is 365 g/mol. The van der Waals surface area contributed by atoms with Crippen LogP contribution in [0.2, 0.25) is 0 Å². The third kappa shape index (κ3) is 5.85. The molecule has 0 aliphatic rings. The first-order chi connectivity index (χ1) is 10.2. The highest BCUT2D eigenvalue weighted by atomic mass is 79.9. The molecule has 5 heteroatoms. The highest BCUT2D eigenvalue weighted by Gasteiger charge is 2.06. The van der Waals surface area contributed by atoms with Crippen LogP contribution < -0.4 is 31.6 Å². The third-order valence-corrected chi connectivity index (χ3v) is 3.30. The number of aromatic nitrogens is 1. The van der Waals surface area contributed by atoms with Gasteiger partial charge in [-0.3, -0.25) is 4.79 Å². The maximum atomic E-state index is 11.8. The molecule has 4 nitrogen and oxygen atoms in total. The fraction of sp³-hybridized carbons (Fsp3) is 0.294. The van der Waals surface area contributed by atoms with Gasteiger partial charge in [0, 0.05) is 18.7 Å². The number of hydrogen-bond acceptors (Lipinski definition) is 2. The molecule has 118 valence electrons. The van der Waals surface area contributed by atoms with Gasteiger partial charge in [0.1, 0.15) is 5.75 Å². The molecule has 1 amide bonds. The molecule has 0 fully saturated rings. The van der Waals surface area contributed by atoms with Crippen LogP contribution in [0.15, 0.2) is 48.8 Å². The second kappa shape index (κ2) is 9.20. The molecule has 1 heterocycles. The van der Waals surface area contributed by atoms with E-state index in [1.807, 2.05) is 60.3 Å². The molecule has 0 bridgehead atoms. The number of halogens is 1. The van der Waals surface area contributed by atoms with E-state index in [0.717, 1.165) is 11.3 Å². The van der Waals surface area contributed by atoms with Gasteiger partial charge in [0.05, 0.1) is 13.5 Å². The molecule has 0 unspecified atom stereocenters. The molecular weight excluding hydrogens is 344 g/mol. The van der Waals surface area contributed by atoms with Crippen molar-refractivity contribution in [3.8, 4) is 5.75 Å². The Morgan fingerprint density at radius 2 is 1.77 bits per heavy atom. The lowest BCUT2D eigenvalue weighted by Gasteiger charge is -2.05. The number of hydrogen-bond donors (Lipinski definition) is 1. The van der Waals surface area contributed by atoms with Crippen LogP contribution >= 0.6 is 0 Å². The van der Waals surface area contributed by atoms with Crippen molar-refractivity contribution in [1.82, 2.24) is 5.32 Å². The van der Waals surface area contributed by atoms with E-state index in [2.05, 4.69) is 5.32 Å². The van der Waals surface area contributed by atoms with Gasteiger partial charge in [-0.25, -0.2) is 4.57 Å². The van der Waals surface area contributed by atoms with Crippen LogP contribution in [-0.2, 0) is 17.9 Å². The fourth-order valence-electron chi connectivity index (χ4n) is 1.94. The van der Waals surface area contributed by atoms with E-state index < -0.39 is 0 Å². The number of aryl methyl sites for hydroxylation is 2. The standard InChI is InChI=1S/C17H20N2O2.BrH/c1-14-7-10-19(11-8-14)12-9-17(20)18-13-15-3-5-16(21-2)6-4-15;/h3-8,10-11H,9,12-13H2,1-2H3;1H. The summed E-state index contributed by atoms with van der Waals surface area (Å²) in [7, 11) is 1.64. The number of carbonyl (C=O) groups is 1. The Hall–Kier alpha value is -1.88. The van der Waals surface area contributed by atoms with E-state index in [1.165, 1.54) is 5.56 Å². The Morgan fingerprint density at radius 3 is 2.36 bits per heavy atom. The normalized spacial score (nSPS) is 9.73. The van der Waals surface area contributed by atoms with Gasteiger partial charge in [-0.15, -0.1) is 0 Å². The molecule has 2 aromatic rings. The van der Waals surface area contributed by atoms with Crippen molar-refractivity contribution in [2.45, 2.75) is 26.4 Å². The summed E-state index contributed by atoms with van der Waals surface area (Å²) in [5, 5.41) is 2.92. The summed E-state index contributed by atoms with van der Waals surface area (Å²) >= 11 is 0. The molecule has 1 aromatic carbocycles. The van der Waals surface area contributed by atoms with E-state index in [0.29, 0.717) is 19.5 Å². The van der Waals surface area contributed by atoms with Crippen LogP contribution in [0.3, 0.4) is 0 Å². The van der Waals surface area contributed by atoms with E-state index in [9.17, 15) is 4.79 Å². The molecule has 22 heavy (non-hydrogen) atoms. The minimum Gasteiger partial charge on any atom is -1.00 e. The lowest BCUT2D eigenvalue weighted by atomic mass is 10.2. The number of carbonyl (C=O) groups excluding carboxylic acids is 1. The Morgan fingerprint density at radius 1 is 1.14 bits per heavy atom. The summed E-state index contributed by atoms with van der Waals surface area (Å²) in [5.41, 5.74) is 2.28. The summed E-state index contributed by atoms with van der Waals surface area (Å²) in [6, 6.07) is 11.8. The van der Waals surface area contributed by atoms with Crippen LogP contribution in [0.1, 0.15) is 17.5 Å². The largest absolute Gasteiger partial charge is 1.00 e. The lowest BCUT2D eigenvalue weighted by molar-refractivity contribution is -0.695. The predicted octanol–water partition coefficient (Wildman–Crippen LogP) is -0.998. The van der Waals surface area contributed by atoms with Gasteiger partial charge in [0.15, 0.2) is 18.9 Å². The van der Waals surface area contributed by atoms with Crippen molar-refractivity contribution in [2.24, 2.45) is 0 Å². The van der Waals surface area contributed by atoms with Crippen molar-refractivity contribution in [3.63, 3.8) is 0 Å². The quantitative estimate of drug-likeness (QED) is 0.668. The van der Waals surface area contributed by atoms with Crippen molar-refractivity contribution < 1.29 is 31.1 Å². The molecule has 0 aliphatic carbocycles. The maximum absolute atomic E-state index is 11.8. The molecular formula is C17H21BrN2O2. The van der Waals surface area contributed by atoms with Crippen molar-refractivity contribution in [1.29, 1.82) is 0 Å². The van der Waals surface area contributed by atoms with Crippen molar-refractivity contribution in [2.75, 3.05) is 7.11 Å². The Labute approximate surface area is 141 Å². The predicted molar refractivity (Wildman–Crippen MR) is 80.8 cm³/mol. The Kier molecular flexibility index (Phi) is 7.60. The topological polar surface area (TPSA) is 42.2 Å². The summed E-state index contributed by atoms with van der Waals surface area (Å²) in [6.07, 6.45) is 4.46. The van der Waals surface area contributed by atoms with Gasteiger partial charge in [-0.05, 0) is 30.2 Å². The Bertz CT molecular complexity index is 583. The van der Waals surface area contributed by atoms with Gasteiger partial charge in [-0.2, -0.15) is 0 Å². The number of benzene rings is 1. The van der Waals surface area contributed by atoms with E-state index in [1.54, 1.807) is 7.11 Å². The first-order valence-electron chi connectivity index (χ1n) is 7.03. The van der Waals surface area contributed by atoms with Gasteiger partial charge < -0.3 is 27.0 Å². The molecule has 0 radical (unpaired) electrons. The molecule has 0 saturated carbocycles. The molecule has 1 N–H and O–H groups in total. The zero-order valence-corrected chi connectivity index (χ0v) is 14.5. The molecule has 0 atom stereocenters. The van der Waals surface area contributed by atoms with Crippen molar-refractivity contribution >= 4 is 5.91 Å². The maximum Gasteiger partial charge on any atom is 0.226 e. The summed E-state index contributed by atoms with van der Waals surface area (Å²) in [5.74, 6) is 0.875. The third-order valence-electron chi connectivity index (χ3n) is 3.30. The van der Waals surface area contributed by atoms with Gasteiger partial charge in [0.25, 0.3) is 0 Å². The van der Waals surface area contributed by atoms with Gasteiger partial charge in [-0.1, -0.05) is 12.1 Å². The summed E-state index contributed by atoms with van der Waals surface area (Å²) in [6.45, 7) is 3.28. The zero-order valence-electron chi connectivity index (χ0n) is 12.9. The molecule has 2 rings (SSSR count). The monoisotopic (exact) mass is 364 g/mol. The number of nitrogens with one attached hydrogen (secondary N) is 1. The highest BCUT2D eigenvalue weighted by Crippen LogP contribution is 2.10. The number of pyridine rings is 1. The summed E-state index contributed by atoms with van der Waals surface area (Å²) < 4.78 is 7.11. The van der Waals surface area contributed by atoms with Crippen LogP contribution in [-0.4, -0.2) is 13.0 Å². The van der Waals surface area contributed by atoms with Crippen LogP contribution in [0, 0.1) is 6.92 Å². The number of rotatable bonds is 6. The molecule has 1 aromatic heterocycles. The summed E-state index contributed by atoms with van der Waals surface area (Å²) in [4.78, 5) is 11.8. The van der Waals surface area contributed by atoms with E-state index >= 15 is 0 Å².